The van der Waals surface area contributed by atoms with E-state index in [1.54, 1.807) is 0 Å². The van der Waals surface area contributed by atoms with Crippen LogP contribution in [0.1, 0.15) is 5.69 Å². The number of nitrogens with zero attached hydrogens (tertiary/aromatic N) is 2. The summed E-state index contributed by atoms with van der Waals surface area (Å²) in [4.78, 5) is 21.7. The highest BCUT2D eigenvalue weighted by atomic mass is 19.4. The maximum Gasteiger partial charge on any atom is 0.435 e. The zero-order chi connectivity index (χ0) is 17.7. The Hall–Kier alpha value is -2.88. The van der Waals surface area contributed by atoms with Gasteiger partial charge >= 0.3 is 12.1 Å². The van der Waals surface area contributed by atoms with Crippen LogP contribution >= 0.6 is 0 Å². The number of halogens is 3. The summed E-state index contributed by atoms with van der Waals surface area (Å²) in [7, 11) is 0. The Bertz CT molecular complexity index is 726. The summed E-state index contributed by atoms with van der Waals surface area (Å²) in [5, 5.41) is 14.3. The van der Waals surface area contributed by atoms with Crippen LogP contribution < -0.4 is 5.32 Å². The standard InChI is InChI=1S/C14H12F3N3O4/c15-14(16,17)11-5-6-20(19-11)10-3-1-9(2-4-10)18-12(21)7-24-8-13(22)23/h1-6H,7-8H2,(H,18,21)(H,22,23). The van der Waals surface area contributed by atoms with Gasteiger partial charge in [-0.2, -0.15) is 18.3 Å². The molecule has 0 saturated heterocycles. The fourth-order valence-electron chi connectivity index (χ4n) is 1.74. The molecule has 0 bridgehead atoms. The molecule has 1 aromatic carbocycles. The van der Waals surface area contributed by atoms with Gasteiger partial charge in [-0.05, 0) is 30.3 Å². The van der Waals surface area contributed by atoms with Gasteiger partial charge in [-0.3, -0.25) is 4.79 Å². The van der Waals surface area contributed by atoms with Crippen LogP contribution in [0.5, 0.6) is 0 Å². The van der Waals surface area contributed by atoms with Gasteiger partial charge in [-0.25, -0.2) is 9.48 Å². The van der Waals surface area contributed by atoms with Crippen molar-refractivity contribution in [1.82, 2.24) is 9.78 Å². The minimum atomic E-state index is -4.52. The molecule has 0 unspecified atom stereocenters. The number of ether oxygens (including phenoxy) is 1. The quantitative estimate of drug-likeness (QED) is 0.836. The maximum absolute atomic E-state index is 12.5. The molecule has 2 N–H and O–H groups in total. The lowest BCUT2D eigenvalue weighted by Crippen LogP contribution is -2.20. The molecular formula is C14H12F3N3O4. The number of hydrogen-bond acceptors (Lipinski definition) is 4. The molecule has 0 radical (unpaired) electrons. The molecule has 1 aromatic heterocycles. The molecule has 24 heavy (non-hydrogen) atoms. The summed E-state index contributed by atoms with van der Waals surface area (Å²) in [6.07, 6.45) is -3.34. The number of carbonyl (C=O) groups is 2. The van der Waals surface area contributed by atoms with E-state index in [4.69, 9.17) is 5.11 Å². The molecule has 0 aliphatic carbocycles. The Labute approximate surface area is 133 Å². The fourth-order valence-corrected chi connectivity index (χ4v) is 1.74. The molecule has 7 nitrogen and oxygen atoms in total. The summed E-state index contributed by atoms with van der Waals surface area (Å²) in [6, 6.07) is 6.75. The van der Waals surface area contributed by atoms with Crippen molar-refractivity contribution in [1.29, 1.82) is 0 Å². The first kappa shape index (κ1) is 17.5. The van der Waals surface area contributed by atoms with Crippen LogP contribution in [-0.4, -0.2) is 40.0 Å². The van der Waals surface area contributed by atoms with E-state index in [0.29, 0.717) is 11.4 Å². The van der Waals surface area contributed by atoms with Gasteiger partial charge in [-0.15, -0.1) is 0 Å². The molecule has 0 aliphatic heterocycles. The molecule has 0 aliphatic rings. The number of anilines is 1. The van der Waals surface area contributed by atoms with Crippen molar-refractivity contribution in [3.05, 3.63) is 42.2 Å². The van der Waals surface area contributed by atoms with Crippen molar-refractivity contribution in [2.24, 2.45) is 0 Å². The lowest BCUT2D eigenvalue weighted by Gasteiger charge is -2.07. The normalized spacial score (nSPS) is 11.3. The van der Waals surface area contributed by atoms with Crippen LogP contribution in [0.15, 0.2) is 36.5 Å². The van der Waals surface area contributed by atoms with Gasteiger partial charge in [0.2, 0.25) is 5.91 Å². The summed E-state index contributed by atoms with van der Waals surface area (Å²) in [5.41, 5.74) is -0.244. The SMILES string of the molecule is O=C(O)COCC(=O)Nc1ccc(-n2ccc(C(F)(F)F)n2)cc1. The Kier molecular flexibility index (Phi) is 5.19. The highest BCUT2D eigenvalue weighted by molar-refractivity contribution is 5.91. The number of carbonyl (C=O) groups excluding carboxylic acids is 1. The molecule has 2 aromatic rings. The van der Waals surface area contributed by atoms with Crippen molar-refractivity contribution in [2.75, 3.05) is 18.5 Å². The average molecular weight is 343 g/mol. The zero-order valence-corrected chi connectivity index (χ0v) is 12.1. The topological polar surface area (TPSA) is 93.5 Å². The number of benzene rings is 1. The largest absolute Gasteiger partial charge is 0.480 e. The summed E-state index contributed by atoms with van der Waals surface area (Å²) >= 11 is 0. The van der Waals surface area contributed by atoms with E-state index in [0.717, 1.165) is 10.7 Å². The van der Waals surface area contributed by atoms with Crippen LogP contribution in [-0.2, 0) is 20.5 Å². The van der Waals surface area contributed by atoms with Crippen molar-refractivity contribution in [2.45, 2.75) is 6.18 Å². The van der Waals surface area contributed by atoms with E-state index in [1.165, 1.54) is 30.5 Å². The van der Waals surface area contributed by atoms with E-state index in [1.807, 2.05) is 0 Å². The molecule has 2 rings (SSSR count). The first-order valence-electron chi connectivity index (χ1n) is 6.58. The third kappa shape index (κ3) is 4.81. The number of nitrogens with one attached hydrogen (secondary N) is 1. The number of alkyl halides is 3. The van der Waals surface area contributed by atoms with E-state index in [2.05, 4.69) is 15.2 Å². The van der Waals surface area contributed by atoms with Crippen molar-refractivity contribution < 1.29 is 32.6 Å². The van der Waals surface area contributed by atoms with E-state index in [-0.39, 0.29) is 0 Å². The monoisotopic (exact) mass is 343 g/mol. The van der Waals surface area contributed by atoms with Crippen molar-refractivity contribution in [3.8, 4) is 5.69 Å². The van der Waals surface area contributed by atoms with Crippen molar-refractivity contribution >= 4 is 17.6 Å². The molecule has 0 spiro atoms. The maximum atomic E-state index is 12.5. The van der Waals surface area contributed by atoms with Crippen LogP contribution in [0, 0.1) is 0 Å². The van der Waals surface area contributed by atoms with Gasteiger partial charge < -0.3 is 15.2 Å². The van der Waals surface area contributed by atoms with Crippen LogP contribution in [0.25, 0.3) is 5.69 Å². The lowest BCUT2D eigenvalue weighted by atomic mass is 10.3. The van der Waals surface area contributed by atoms with Gasteiger partial charge in [-0.1, -0.05) is 0 Å². The van der Waals surface area contributed by atoms with E-state index < -0.39 is 37.0 Å². The number of aromatic nitrogens is 2. The first-order chi connectivity index (χ1) is 11.3. The highest BCUT2D eigenvalue weighted by Crippen LogP contribution is 2.27. The smallest absolute Gasteiger partial charge is 0.435 e. The van der Waals surface area contributed by atoms with Crippen molar-refractivity contribution in [3.63, 3.8) is 0 Å². The third-order valence-corrected chi connectivity index (χ3v) is 2.75. The number of carboxylic acid groups (broad SMARTS) is 1. The van der Waals surface area contributed by atoms with Gasteiger partial charge in [0.1, 0.15) is 13.2 Å². The number of amides is 1. The van der Waals surface area contributed by atoms with Crippen LogP contribution in [0.4, 0.5) is 18.9 Å². The summed E-state index contributed by atoms with van der Waals surface area (Å²) in [5.74, 6) is -1.74. The second-order valence-corrected chi connectivity index (χ2v) is 4.62. The molecule has 1 amide bonds. The highest BCUT2D eigenvalue weighted by Gasteiger charge is 2.33. The molecule has 128 valence electrons. The van der Waals surface area contributed by atoms with Crippen LogP contribution in [0.2, 0.25) is 0 Å². The second kappa shape index (κ2) is 7.13. The predicted octanol–water partition coefficient (Wildman–Crippen LogP) is 1.93. The van der Waals surface area contributed by atoms with Crippen LogP contribution in [0.3, 0.4) is 0 Å². The molecular weight excluding hydrogens is 331 g/mol. The van der Waals surface area contributed by atoms with Gasteiger partial charge in [0, 0.05) is 11.9 Å². The summed E-state index contributed by atoms with van der Waals surface area (Å²) < 4.78 is 43.2. The minimum absolute atomic E-state index is 0.380. The van der Waals surface area contributed by atoms with Gasteiger partial charge in [0.15, 0.2) is 5.69 Å². The predicted molar refractivity (Wildman–Crippen MR) is 75.7 cm³/mol. The summed E-state index contributed by atoms with van der Waals surface area (Å²) in [6.45, 7) is -1.02. The number of hydrogen-bond donors (Lipinski definition) is 2. The van der Waals surface area contributed by atoms with Gasteiger partial charge in [0.25, 0.3) is 0 Å². The van der Waals surface area contributed by atoms with Gasteiger partial charge in [0.05, 0.1) is 5.69 Å². The zero-order valence-electron chi connectivity index (χ0n) is 12.1. The molecule has 0 fully saturated rings. The Morgan fingerprint density at radius 2 is 1.83 bits per heavy atom. The first-order valence-corrected chi connectivity index (χ1v) is 6.58. The third-order valence-electron chi connectivity index (χ3n) is 2.75. The average Bonchev–Trinajstić information content (AvgIpc) is 2.97. The van der Waals surface area contributed by atoms with E-state index >= 15 is 0 Å². The second-order valence-electron chi connectivity index (χ2n) is 4.62. The molecule has 1 heterocycles. The fraction of sp³-hybridized carbons (Fsp3) is 0.214. The number of carboxylic acids is 1. The minimum Gasteiger partial charge on any atom is -0.480 e. The van der Waals surface area contributed by atoms with E-state index in [9.17, 15) is 22.8 Å². The Morgan fingerprint density at radius 3 is 2.38 bits per heavy atom. The molecule has 0 atom stereocenters. The molecule has 0 saturated carbocycles. The number of rotatable bonds is 6. The molecule has 10 heteroatoms. The number of aliphatic carboxylic acids is 1. The Balaban J connectivity index is 1.96. The lowest BCUT2D eigenvalue weighted by molar-refractivity contribution is -0.143. The Morgan fingerprint density at radius 1 is 1.17 bits per heavy atom.